The lowest BCUT2D eigenvalue weighted by molar-refractivity contribution is -0.127. The van der Waals surface area contributed by atoms with E-state index in [2.05, 4.69) is 16.4 Å². The largest absolute Gasteiger partial charge is 0.481 e. The first kappa shape index (κ1) is 15.7. The summed E-state index contributed by atoms with van der Waals surface area (Å²) in [6.07, 6.45) is 5.56. The molecule has 1 saturated carbocycles. The van der Waals surface area contributed by atoms with Gasteiger partial charge in [0.15, 0.2) is 17.6 Å². The van der Waals surface area contributed by atoms with Crippen LogP contribution in [0.4, 0.5) is 0 Å². The molecule has 1 aromatic carbocycles. The highest BCUT2D eigenvalue weighted by Gasteiger charge is 2.24. The van der Waals surface area contributed by atoms with Crippen LogP contribution in [-0.4, -0.2) is 23.8 Å². The fourth-order valence-corrected chi connectivity index (χ4v) is 2.79. The molecule has 1 aliphatic carbocycles. The van der Waals surface area contributed by atoms with Crippen molar-refractivity contribution in [2.24, 2.45) is 0 Å². The van der Waals surface area contributed by atoms with Gasteiger partial charge in [0.1, 0.15) is 5.75 Å². The smallest absolute Gasteiger partial charge is 0.261 e. The number of benzene rings is 1. The molecule has 2 aliphatic rings. The zero-order chi connectivity index (χ0) is 17.2. The van der Waals surface area contributed by atoms with E-state index in [0.29, 0.717) is 29.7 Å². The third kappa shape index (κ3) is 3.68. The molecule has 1 atom stereocenters. The lowest BCUT2D eigenvalue weighted by atomic mass is 10.1. The van der Waals surface area contributed by atoms with Crippen LogP contribution in [0.15, 0.2) is 36.7 Å². The maximum absolute atomic E-state index is 12.3. The van der Waals surface area contributed by atoms with Crippen molar-refractivity contribution < 1.29 is 19.0 Å². The zero-order valence-electron chi connectivity index (χ0n) is 14.0. The Bertz CT molecular complexity index is 789. The van der Waals surface area contributed by atoms with Crippen molar-refractivity contribution in [3.8, 4) is 17.2 Å². The van der Waals surface area contributed by atoms with Gasteiger partial charge in [0.05, 0.1) is 0 Å². The molecule has 130 valence electrons. The topological polar surface area (TPSA) is 69.7 Å². The second-order valence-electron chi connectivity index (χ2n) is 6.39. The van der Waals surface area contributed by atoms with E-state index >= 15 is 0 Å². The van der Waals surface area contributed by atoms with Crippen LogP contribution < -0.4 is 19.5 Å². The van der Waals surface area contributed by atoms with Crippen molar-refractivity contribution in [1.29, 1.82) is 0 Å². The van der Waals surface area contributed by atoms with Crippen LogP contribution in [0.1, 0.15) is 36.8 Å². The molecule has 0 unspecified atom stereocenters. The van der Waals surface area contributed by atoms with Gasteiger partial charge in [0.25, 0.3) is 5.91 Å². The highest BCUT2D eigenvalue weighted by Crippen LogP contribution is 2.39. The van der Waals surface area contributed by atoms with Gasteiger partial charge in [0.2, 0.25) is 6.79 Å². The predicted molar refractivity (Wildman–Crippen MR) is 90.7 cm³/mol. The molecule has 2 heterocycles. The number of ether oxygens (including phenoxy) is 3. The molecule has 1 aliphatic heterocycles. The number of fused-ring (bicyclic) bond motifs is 1. The van der Waals surface area contributed by atoms with Gasteiger partial charge in [-0.1, -0.05) is 6.07 Å². The summed E-state index contributed by atoms with van der Waals surface area (Å²) in [4.78, 5) is 16.5. The molecule has 0 bridgehead atoms. The number of pyridine rings is 1. The number of carbonyl (C=O) groups is 1. The molecule has 0 spiro atoms. The SMILES string of the molecule is C[C@H](Oc1ccc2c(c1)OCO2)C(=O)NCc1cncc(C2CC2)c1. The van der Waals surface area contributed by atoms with E-state index in [9.17, 15) is 4.79 Å². The Kier molecular flexibility index (Phi) is 4.17. The summed E-state index contributed by atoms with van der Waals surface area (Å²) in [5.74, 6) is 2.37. The molecular formula is C19H20N2O4. The molecule has 1 aromatic heterocycles. The Hall–Kier alpha value is -2.76. The first-order valence-electron chi connectivity index (χ1n) is 8.47. The van der Waals surface area contributed by atoms with Gasteiger partial charge in [-0.05, 0) is 48.9 Å². The molecule has 4 rings (SSSR count). The number of nitrogens with zero attached hydrogens (tertiary/aromatic N) is 1. The molecule has 0 saturated heterocycles. The number of nitrogens with one attached hydrogen (secondary N) is 1. The summed E-state index contributed by atoms with van der Waals surface area (Å²) >= 11 is 0. The summed E-state index contributed by atoms with van der Waals surface area (Å²) in [5, 5.41) is 2.90. The Labute approximate surface area is 146 Å². The minimum absolute atomic E-state index is 0.172. The standard InChI is InChI=1S/C19H20N2O4/c1-12(25-16-4-5-17-18(7-16)24-11-23-17)19(22)21-9-13-6-15(10-20-8-13)14-2-3-14/h4-8,10,12,14H,2-3,9,11H2,1H3,(H,21,22)/t12-/m0/s1. The van der Waals surface area contributed by atoms with Crippen molar-refractivity contribution in [3.63, 3.8) is 0 Å². The van der Waals surface area contributed by atoms with E-state index in [1.807, 2.05) is 6.20 Å². The second-order valence-corrected chi connectivity index (χ2v) is 6.39. The number of carbonyl (C=O) groups excluding carboxylic acids is 1. The summed E-state index contributed by atoms with van der Waals surface area (Å²) in [7, 11) is 0. The fourth-order valence-electron chi connectivity index (χ4n) is 2.79. The summed E-state index contributed by atoms with van der Waals surface area (Å²) in [6.45, 7) is 2.38. The molecule has 0 radical (unpaired) electrons. The average molecular weight is 340 g/mol. The fraction of sp³-hybridized carbons (Fsp3) is 0.368. The second kappa shape index (κ2) is 6.63. The van der Waals surface area contributed by atoms with Crippen LogP contribution in [0.2, 0.25) is 0 Å². The van der Waals surface area contributed by atoms with Crippen LogP contribution >= 0.6 is 0 Å². The molecule has 6 nitrogen and oxygen atoms in total. The number of hydrogen-bond acceptors (Lipinski definition) is 5. The van der Waals surface area contributed by atoms with Gasteiger partial charge < -0.3 is 19.5 Å². The molecule has 1 amide bonds. The number of aromatic nitrogens is 1. The molecule has 1 fully saturated rings. The van der Waals surface area contributed by atoms with E-state index in [0.717, 1.165) is 5.56 Å². The van der Waals surface area contributed by atoms with Gasteiger partial charge in [-0.3, -0.25) is 9.78 Å². The molecule has 1 N–H and O–H groups in total. The Morgan fingerprint density at radius 3 is 2.96 bits per heavy atom. The van der Waals surface area contributed by atoms with Crippen molar-refractivity contribution in [2.45, 2.75) is 38.3 Å². The van der Waals surface area contributed by atoms with Gasteiger partial charge >= 0.3 is 0 Å². The number of amides is 1. The minimum Gasteiger partial charge on any atom is -0.481 e. The summed E-state index contributed by atoms with van der Waals surface area (Å²) < 4.78 is 16.3. The Morgan fingerprint density at radius 1 is 1.28 bits per heavy atom. The van der Waals surface area contributed by atoms with E-state index in [4.69, 9.17) is 14.2 Å². The van der Waals surface area contributed by atoms with Crippen molar-refractivity contribution >= 4 is 5.91 Å². The van der Waals surface area contributed by atoms with Crippen molar-refractivity contribution in [3.05, 3.63) is 47.8 Å². The maximum atomic E-state index is 12.3. The maximum Gasteiger partial charge on any atom is 0.261 e. The third-order valence-electron chi connectivity index (χ3n) is 4.36. The highest BCUT2D eigenvalue weighted by molar-refractivity contribution is 5.80. The molecule has 25 heavy (non-hydrogen) atoms. The molecular weight excluding hydrogens is 320 g/mol. The van der Waals surface area contributed by atoms with E-state index in [-0.39, 0.29) is 12.7 Å². The third-order valence-corrected chi connectivity index (χ3v) is 4.36. The summed E-state index contributed by atoms with van der Waals surface area (Å²) in [6, 6.07) is 7.39. The van der Waals surface area contributed by atoms with E-state index < -0.39 is 6.10 Å². The average Bonchev–Trinajstić information content (AvgIpc) is 3.38. The molecule has 2 aromatic rings. The van der Waals surface area contributed by atoms with Gasteiger partial charge in [-0.2, -0.15) is 0 Å². The van der Waals surface area contributed by atoms with Crippen molar-refractivity contribution in [2.75, 3.05) is 6.79 Å². The van der Waals surface area contributed by atoms with Crippen LogP contribution in [0.3, 0.4) is 0 Å². The highest BCUT2D eigenvalue weighted by atomic mass is 16.7. The minimum atomic E-state index is -0.611. The first-order valence-corrected chi connectivity index (χ1v) is 8.47. The van der Waals surface area contributed by atoms with Gasteiger partial charge in [-0.15, -0.1) is 0 Å². The Morgan fingerprint density at radius 2 is 2.12 bits per heavy atom. The Balaban J connectivity index is 1.32. The predicted octanol–water partition coefficient (Wildman–Crippen LogP) is 2.77. The van der Waals surface area contributed by atoms with E-state index in [1.165, 1.54) is 18.4 Å². The van der Waals surface area contributed by atoms with Crippen LogP contribution in [0.25, 0.3) is 0 Å². The van der Waals surface area contributed by atoms with Gasteiger partial charge in [0, 0.05) is 25.0 Å². The number of hydrogen-bond donors (Lipinski definition) is 1. The molecule has 6 heteroatoms. The number of rotatable bonds is 6. The lowest BCUT2D eigenvalue weighted by Crippen LogP contribution is -2.35. The van der Waals surface area contributed by atoms with Crippen molar-refractivity contribution in [1.82, 2.24) is 10.3 Å². The summed E-state index contributed by atoms with van der Waals surface area (Å²) in [5.41, 5.74) is 2.27. The lowest BCUT2D eigenvalue weighted by Gasteiger charge is -2.15. The van der Waals surface area contributed by atoms with E-state index in [1.54, 1.807) is 31.3 Å². The van der Waals surface area contributed by atoms with Crippen LogP contribution in [-0.2, 0) is 11.3 Å². The quantitative estimate of drug-likeness (QED) is 0.876. The van der Waals surface area contributed by atoms with Crippen LogP contribution in [0.5, 0.6) is 17.2 Å². The van der Waals surface area contributed by atoms with Crippen LogP contribution in [0, 0.1) is 0 Å². The first-order chi connectivity index (χ1) is 12.2. The van der Waals surface area contributed by atoms with Gasteiger partial charge in [-0.25, -0.2) is 0 Å². The zero-order valence-corrected chi connectivity index (χ0v) is 14.0. The monoisotopic (exact) mass is 340 g/mol. The normalized spacial score (nSPS) is 16.4.